The molecule has 0 aromatic carbocycles. The summed E-state index contributed by atoms with van der Waals surface area (Å²) in [5.41, 5.74) is 0.751. The summed E-state index contributed by atoms with van der Waals surface area (Å²) in [7, 11) is 0. The lowest BCUT2D eigenvalue weighted by Gasteiger charge is -2.31. The fourth-order valence-corrected chi connectivity index (χ4v) is 2.84. The number of carbonyl (C=O) groups excluding carboxylic acids is 1. The number of rotatable bonds is 5. The molecule has 0 bridgehead atoms. The number of likely N-dealkylation sites (tertiary alicyclic amines) is 1. The molecule has 1 N–H and O–H groups in total. The average Bonchev–Trinajstić information content (AvgIpc) is 3.03. The second-order valence-corrected chi connectivity index (χ2v) is 5.74. The maximum Gasteiger partial charge on any atom is 0.238 e. The van der Waals surface area contributed by atoms with Gasteiger partial charge in [0.1, 0.15) is 0 Å². The summed E-state index contributed by atoms with van der Waals surface area (Å²) in [5.74, 6) is 0.677. The topological polar surface area (TPSA) is 63.1 Å². The van der Waals surface area contributed by atoms with Crippen LogP contribution in [0.1, 0.15) is 12.8 Å². The Kier molecular flexibility index (Phi) is 4.80. The number of nitrogens with one attached hydrogen (secondary N) is 1. The quantitative estimate of drug-likeness (QED) is 0.911. The number of hydrogen-bond acceptors (Lipinski definition) is 4. The Hall–Kier alpha value is -2.21. The van der Waals surface area contributed by atoms with Crippen molar-refractivity contribution in [2.24, 2.45) is 5.92 Å². The van der Waals surface area contributed by atoms with Gasteiger partial charge in [0, 0.05) is 25.1 Å². The van der Waals surface area contributed by atoms with Crippen LogP contribution < -0.4 is 5.32 Å². The smallest absolute Gasteiger partial charge is 0.238 e. The minimum Gasteiger partial charge on any atom is -0.324 e. The molecule has 0 atom stereocenters. The average molecular weight is 299 g/mol. The molecule has 1 aliphatic heterocycles. The van der Waals surface area contributed by atoms with E-state index in [1.54, 1.807) is 12.4 Å². The van der Waals surface area contributed by atoms with E-state index in [1.807, 2.05) is 35.3 Å². The molecule has 1 fully saturated rings. The molecular weight excluding hydrogens is 278 g/mol. The Labute approximate surface area is 130 Å². The molecular formula is C16H21N5O. The van der Waals surface area contributed by atoms with E-state index in [0.717, 1.165) is 38.2 Å². The molecule has 6 heteroatoms. The highest BCUT2D eigenvalue weighted by atomic mass is 16.2. The SMILES string of the molecule is O=C(CN1CCC(Cn2cccn2)CC1)Nc1cccnc1. The van der Waals surface area contributed by atoms with E-state index in [2.05, 4.69) is 20.3 Å². The van der Waals surface area contributed by atoms with Crippen molar-refractivity contribution in [2.45, 2.75) is 19.4 Å². The maximum absolute atomic E-state index is 12.0. The third kappa shape index (κ3) is 4.14. The van der Waals surface area contributed by atoms with Crippen LogP contribution in [0.3, 0.4) is 0 Å². The fraction of sp³-hybridized carbons (Fsp3) is 0.438. The molecule has 0 saturated carbocycles. The first-order chi connectivity index (χ1) is 10.8. The molecule has 3 heterocycles. The van der Waals surface area contributed by atoms with Crippen molar-refractivity contribution >= 4 is 11.6 Å². The number of aromatic nitrogens is 3. The Morgan fingerprint density at radius 3 is 2.82 bits per heavy atom. The first-order valence-electron chi connectivity index (χ1n) is 7.69. The zero-order chi connectivity index (χ0) is 15.2. The van der Waals surface area contributed by atoms with Gasteiger partial charge >= 0.3 is 0 Å². The van der Waals surface area contributed by atoms with Crippen molar-refractivity contribution < 1.29 is 4.79 Å². The highest BCUT2D eigenvalue weighted by Crippen LogP contribution is 2.18. The van der Waals surface area contributed by atoms with Crippen LogP contribution in [0, 0.1) is 5.92 Å². The Morgan fingerprint density at radius 2 is 2.14 bits per heavy atom. The monoisotopic (exact) mass is 299 g/mol. The van der Waals surface area contributed by atoms with Gasteiger partial charge in [0.25, 0.3) is 0 Å². The minimum atomic E-state index is 0.0264. The van der Waals surface area contributed by atoms with Crippen molar-refractivity contribution in [3.63, 3.8) is 0 Å². The van der Waals surface area contributed by atoms with Gasteiger partial charge in [-0.2, -0.15) is 5.10 Å². The molecule has 2 aromatic rings. The molecule has 3 rings (SSSR count). The lowest BCUT2D eigenvalue weighted by molar-refractivity contribution is -0.117. The number of anilines is 1. The second kappa shape index (κ2) is 7.17. The van der Waals surface area contributed by atoms with E-state index < -0.39 is 0 Å². The van der Waals surface area contributed by atoms with Gasteiger partial charge in [0.05, 0.1) is 18.4 Å². The molecule has 6 nitrogen and oxygen atoms in total. The molecule has 2 aromatic heterocycles. The zero-order valence-electron chi connectivity index (χ0n) is 12.6. The number of hydrogen-bond donors (Lipinski definition) is 1. The van der Waals surface area contributed by atoms with Gasteiger partial charge < -0.3 is 5.32 Å². The third-order valence-electron chi connectivity index (χ3n) is 4.02. The van der Waals surface area contributed by atoms with Crippen LogP contribution in [-0.2, 0) is 11.3 Å². The molecule has 0 aliphatic carbocycles. The zero-order valence-corrected chi connectivity index (χ0v) is 12.6. The molecule has 0 radical (unpaired) electrons. The van der Waals surface area contributed by atoms with Crippen molar-refractivity contribution in [3.05, 3.63) is 43.0 Å². The van der Waals surface area contributed by atoms with Crippen molar-refractivity contribution in [3.8, 4) is 0 Å². The summed E-state index contributed by atoms with van der Waals surface area (Å²) >= 11 is 0. The van der Waals surface area contributed by atoms with Gasteiger partial charge in [-0.1, -0.05) is 0 Å². The van der Waals surface area contributed by atoms with Crippen molar-refractivity contribution in [2.75, 3.05) is 25.0 Å². The molecule has 116 valence electrons. The fourth-order valence-electron chi connectivity index (χ4n) is 2.84. The van der Waals surface area contributed by atoms with Gasteiger partial charge in [0.2, 0.25) is 5.91 Å². The Morgan fingerprint density at radius 1 is 1.27 bits per heavy atom. The second-order valence-electron chi connectivity index (χ2n) is 5.74. The Balaban J connectivity index is 1.41. The van der Waals surface area contributed by atoms with E-state index >= 15 is 0 Å². The Bertz CT molecular complexity index is 576. The lowest BCUT2D eigenvalue weighted by Crippen LogP contribution is -2.40. The standard InChI is InChI=1S/C16H21N5O/c22-16(19-15-3-1-6-17-11-15)13-20-9-4-14(5-10-20)12-21-8-2-7-18-21/h1-3,6-8,11,14H,4-5,9-10,12-13H2,(H,19,22). The predicted molar refractivity (Wildman–Crippen MR) is 84.3 cm³/mol. The van der Waals surface area contributed by atoms with Crippen LogP contribution in [0.15, 0.2) is 43.0 Å². The van der Waals surface area contributed by atoms with Crippen LogP contribution in [0.2, 0.25) is 0 Å². The van der Waals surface area contributed by atoms with E-state index in [9.17, 15) is 4.79 Å². The van der Waals surface area contributed by atoms with E-state index in [4.69, 9.17) is 0 Å². The summed E-state index contributed by atoms with van der Waals surface area (Å²) in [6, 6.07) is 5.62. The number of amides is 1. The van der Waals surface area contributed by atoms with E-state index in [1.165, 1.54) is 0 Å². The summed E-state index contributed by atoms with van der Waals surface area (Å²) in [6.07, 6.45) is 9.40. The highest BCUT2D eigenvalue weighted by Gasteiger charge is 2.21. The summed E-state index contributed by atoms with van der Waals surface area (Å²) < 4.78 is 2.00. The molecule has 1 amide bonds. The number of carbonyl (C=O) groups is 1. The van der Waals surface area contributed by atoms with Gasteiger partial charge in [-0.3, -0.25) is 19.4 Å². The summed E-state index contributed by atoms with van der Waals surface area (Å²) in [4.78, 5) is 18.2. The first kappa shape index (κ1) is 14.7. The largest absolute Gasteiger partial charge is 0.324 e. The number of pyridine rings is 1. The van der Waals surface area contributed by atoms with Crippen molar-refractivity contribution in [1.29, 1.82) is 0 Å². The number of piperidine rings is 1. The van der Waals surface area contributed by atoms with Crippen LogP contribution in [0.5, 0.6) is 0 Å². The van der Waals surface area contributed by atoms with Crippen LogP contribution >= 0.6 is 0 Å². The molecule has 0 spiro atoms. The van der Waals surface area contributed by atoms with Crippen LogP contribution in [-0.4, -0.2) is 45.2 Å². The molecule has 1 aliphatic rings. The van der Waals surface area contributed by atoms with Crippen LogP contribution in [0.25, 0.3) is 0 Å². The van der Waals surface area contributed by atoms with E-state index in [-0.39, 0.29) is 5.91 Å². The molecule has 22 heavy (non-hydrogen) atoms. The van der Waals surface area contributed by atoms with Gasteiger partial charge in [-0.15, -0.1) is 0 Å². The van der Waals surface area contributed by atoms with Crippen molar-refractivity contribution in [1.82, 2.24) is 19.7 Å². The normalized spacial score (nSPS) is 16.5. The van der Waals surface area contributed by atoms with Gasteiger partial charge in [-0.25, -0.2) is 0 Å². The molecule has 0 unspecified atom stereocenters. The number of nitrogens with zero attached hydrogens (tertiary/aromatic N) is 4. The van der Waals surface area contributed by atoms with Crippen LogP contribution in [0.4, 0.5) is 5.69 Å². The summed E-state index contributed by atoms with van der Waals surface area (Å²) in [5, 5.41) is 7.14. The van der Waals surface area contributed by atoms with Gasteiger partial charge in [-0.05, 0) is 50.0 Å². The predicted octanol–water partition coefficient (Wildman–Crippen LogP) is 1.63. The maximum atomic E-state index is 12.0. The lowest BCUT2D eigenvalue weighted by atomic mass is 9.97. The molecule has 1 saturated heterocycles. The summed E-state index contributed by atoms with van der Waals surface area (Å²) in [6.45, 7) is 3.35. The minimum absolute atomic E-state index is 0.0264. The van der Waals surface area contributed by atoms with Gasteiger partial charge in [0.15, 0.2) is 0 Å². The van der Waals surface area contributed by atoms with E-state index in [0.29, 0.717) is 12.5 Å². The first-order valence-corrected chi connectivity index (χ1v) is 7.69. The third-order valence-corrected chi connectivity index (χ3v) is 4.02. The highest BCUT2D eigenvalue weighted by molar-refractivity contribution is 5.92.